The molecule has 0 atom stereocenters. The maximum absolute atomic E-state index is 13.5. The van der Waals surface area contributed by atoms with E-state index in [1.165, 1.54) is 12.1 Å². The van der Waals surface area contributed by atoms with Crippen molar-refractivity contribution in [2.75, 3.05) is 6.54 Å². The number of halogens is 1. The van der Waals surface area contributed by atoms with Crippen molar-refractivity contribution in [3.8, 4) is 10.8 Å². The first-order chi connectivity index (χ1) is 11.1. The molecule has 1 amide bonds. The lowest BCUT2D eigenvalue weighted by atomic mass is 10.2. The van der Waals surface area contributed by atoms with Gasteiger partial charge in [0.25, 0.3) is 5.91 Å². The second-order valence-corrected chi connectivity index (χ2v) is 5.93. The van der Waals surface area contributed by atoms with Crippen LogP contribution in [0, 0.1) is 12.7 Å². The maximum atomic E-state index is 13.5. The van der Waals surface area contributed by atoms with Crippen LogP contribution < -0.4 is 5.32 Å². The predicted octanol–water partition coefficient (Wildman–Crippen LogP) is 3.82. The van der Waals surface area contributed by atoms with Gasteiger partial charge in [-0.25, -0.2) is 9.37 Å². The number of hydrogen-bond acceptors (Lipinski definition) is 4. The smallest absolute Gasteiger partial charge is 0.254 e. The summed E-state index contributed by atoms with van der Waals surface area (Å²) in [5.41, 5.74) is 0.839. The monoisotopic (exact) mass is 330 g/mol. The van der Waals surface area contributed by atoms with Gasteiger partial charge in [-0.15, -0.1) is 11.3 Å². The van der Waals surface area contributed by atoms with E-state index in [9.17, 15) is 9.18 Å². The van der Waals surface area contributed by atoms with Gasteiger partial charge in [-0.1, -0.05) is 18.2 Å². The third kappa shape index (κ3) is 3.48. The lowest BCUT2D eigenvalue weighted by Gasteiger charge is -2.05. The average molecular weight is 330 g/mol. The topological polar surface area (TPSA) is 55.1 Å². The Balaban J connectivity index is 1.61. The van der Waals surface area contributed by atoms with Gasteiger partial charge in [-0.3, -0.25) is 4.79 Å². The quantitative estimate of drug-likeness (QED) is 0.774. The van der Waals surface area contributed by atoms with Crippen LogP contribution in [0.15, 0.2) is 46.2 Å². The summed E-state index contributed by atoms with van der Waals surface area (Å²) in [6.07, 6.45) is 0.529. The Morgan fingerprint density at radius 1 is 1.30 bits per heavy atom. The average Bonchev–Trinajstić information content (AvgIpc) is 3.18. The maximum Gasteiger partial charge on any atom is 0.254 e. The van der Waals surface area contributed by atoms with Gasteiger partial charge in [0.1, 0.15) is 11.6 Å². The lowest BCUT2D eigenvalue weighted by molar-refractivity contribution is 0.0950. The number of hydrogen-bond donors (Lipinski definition) is 1. The van der Waals surface area contributed by atoms with Gasteiger partial charge in [-0.2, -0.15) is 0 Å². The minimum atomic E-state index is -0.525. The number of carbonyl (C=O) groups is 1. The summed E-state index contributed by atoms with van der Waals surface area (Å²) in [4.78, 5) is 17.4. The number of aromatic nitrogens is 1. The highest BCUT2D eigenvalue weighted by Crippen LogP contribution is 2.25. The molecule has 0 bridgehead atoms. The highest BCUT2D eigenvalue weighted by atomic mass is 32.1. The van der Waals surface area contributed by atoms with E-state index in [2.05, 4.69) is 10.3 Å². The molecule has 0 radical (unpaired) electrons. The molecule has 6 heteroatoms. The Hall–Kier alpha value is -2.47. The number of oxazole rings is 1. The zero-order valence-electron chi connectivity index (χ0n) is 12.5. The van der Waals surface area contributed by atoms with Crippen molar-refractivity contribution < 1.29 is 13.6 Å². The van der Waals surface area contributed by atoms with Gasteiger partial charge >= 0.3 is 0 Å². The first-order valence-electron chi connectivity index (χ1n) is 7.18. The van der Waals surface area contributed by atoms with Crippen LogP contribution in [-0.2, 0) is 6.42 Å². The van der Waals surface area contributed by atoms with E-state index < -0.39 is 11.7 Å². The van der Waals surface area contributed by atoms with Gasteiger partial charge in [0.05, 0.1) is 16.1 Å². The van der Waals surface area contributed by atoms with Gasteiger partial charge in [0, 0.05) is 13.0 Å². The Morgan fingerprint density at radius 3 is 2.87 bits per heavy atom. The Labute approximate surface area is 137 Å². The molecule has 0 aliphatic heterocycles. The first-order valence-corrected chi connectivity index (χ1v) is 8.06. The van der Waals surface area contributed by atoms with Gasteiger partial charge in [0.15, 0.2) is 0 Å². The van der Waals surface area contributed by atoms with Crippen LogP contribution in [0.1, 0.15) is 21.8 Å². The number of thiophene rings is 1. The van der Waals surface area contributed by atoms with E-state index in [1.807, 2.05) is 24.4 Å². The summed E-state index contributed by atoms with van der Waals surface area (Å²) >= 11 is 1.56. The van der Waals surface area contributed by atoms with E-state index in [4.69, 9.17) is 4.42 Å². The summed E-state index contributed by atoms with van der Waals surface area (Å²) in [5.74, 6) is 0.367. The normalized spacial score (nSPS) is 10.7. The number of rotatable bonds is 5. The number of aryl methyl sites for hydroxylation is 1. The Bertz CT molecular complexity index is 812. The van der Waals surface area contributed by atoms with Crippen LogP contribution in [-0.4, -0.2) is 17.4 Å². The van der Waals surface area contributed by atoms with E-state index in [0.717, 1.165) is 16.3 Å². The third-order valence-electron chi connectivity index (χ3n) is 3.39. The van der Waals surface area contributed by atoms with Crippen molar-refractivity contribution >= 4 is 17.2 Å². The van der Waals surface area contributed by atoms with Crippen molar-refractivity contribution in [3.63, 3.8) is 0 Å². The summed E-state index contributed by atoms with van der Waals surface area (Å²) in [5, 5.41) is 4.66. The molecule has 0 saturated heterocycles. The fourth-order valence-corrected chi connectivity index (χ4v) is 2.85. The molecule has 118 valence electrons. The van der Waals surface area contributed by atoms with Crippen LogP contribution in [0.5, 0.6) is 0 Å². The Morgan fingerprint density at radius 2 is 2.13 bits per heavy atom. The molecular weight excluding hydrogens is 315 g/mol. The van der Waals surface area contributed by atoms with Crippen LogP contribution in [0.25, 0.3) is 10.8 Å². The number of nitrogens with one attached hydrogen (secondary N) is 1. The fraction of sp³-hybridized carbons (Fsp3) is 0.176. The largest absolute Gasteiger partial charge is 0.440 e. The molecule has 2 heterocycles. The fourth-order valence-electron chi connectivity index (χ4n) is 2.20. The van der Waals surface area contributed by atoms with Crippen molar-refractivity contribution in [1.82, 2.24) is 10.3 Å². The summed E-state index contributed by atoms with van der Waals surface area (Å²) in [6, 6.07) is 9.79. The van der Waals surface area contributed by atoms with E-state index in [-0.39, 0.29) is 5.56 Å². The first kappa shape index (κ1) is 15.4. The van der Waals surface area contributed by atoms with E-state index >= 15 is 0 Å². The molecule has 0 fully saturated rings. The molecule has 1 aromatic carbocycles. The van der Waals surface area contributed by atoms with Crippen molar-refractivity contribution in [2.45, 2.75) is 13.3 Å². The third-order valence-corrected chi connectivity index (χ3v) is 4.25. The summed E-state index contributed by atoms with van der Waals surface area (Å²) in [6.45, 7) is 2.21. The Kier molecular flexibility index (Phi) is 4.52. The van der Waals surface area contributed by atoms with Crippen LogP contribution in [0.2, 0.25) is 0 Å². The summed E-state index contributed by atoms with van der Waals surface area (Å²) in [7, 11) is 0. The molecule has 23 heavy (non-hydrogen) atoms. The molecule has 3 aromatic rings. The van der Waals surface area contributed by atoms with Crippen molar-refractivity contribution in [1.29, 1.82) is 0 Å². The number of nitrogens with zero attached hydrogens (tertiary/aromatic N) is 1. The molecule has 0 aliphatic carbocycles. The highest BCUT2D eigenvalue weighted by molar-refractivity contribution is 7.13. The zero-order valence-corrected chi connectivity index (χ0v) is 13.3. The van der Waals surface area contributed by atoms with Crippen LogP contribution in [0.3, 0.4) is 0 Å². The summed E-state index contributed by atoms with van der Waals surface area (Å²) < 4.78 is 19.2. The molecule has 0 unspecified atom stereocenters. The number of carbonyl (C=O) groups excluding carboxylic acids is 1. The SMILES string of the molecule is Cc1oc(-c2cccs2)nc1CCNC(=O)c1ccccc1F. The minimum Gasteiger partial charge on any atom is -0.440 e. The molecule has 0 spiro atoms. The van der Waals surface area contributed by atoms with E-state index in [1.54, 1.807) is 23.5 Å². The molecule has 1 N–H and O–H groups in total. The standard InChI is InChI=1S/C17H15FN2O2S/c1-11-14(20-17(22-11)15-7-4-10-23-15)8-9-19-16(21)12-5-2-3-6-13(12)18/h2-7,10H,8-9H2,1H3,(H,19,21). The molecule has 4 nitrogen and oxygen atoms in total. The van der Waals surface area contributed by atoms with Crippen molar-refractivity contribution in [2.24, 2.45) is 0 Å². The van der Waals surface area contributed by atoms with Gasteiger partial charge in [0.2, 0.25) is 5.89 Å². The predicted molar refractivity (Wildman–Crippen MR) is 87.0 cm³/mol. The van der Waals surface area contributed by atoms with Gasteiger partial charge < -0.3 is 9.73 Å². The number of amides is 1. The molecule has 0 aliphatic rings. The molecule has 2 aromatic heterocycles. The molecular formula is C17H15FN2O2S. The van der Waals surface area contributed by atoms with Gasteiger partial charge in [-0.05, 0) is 30.5 Å². The second kappa shape index (κ2) is 6.75. The lowest BCUT2D eigenvalue weighted by Crippen LogP contribution is -2.26. The minimum absolute atomic E-state index is 0.0450. The second-order valence-electron chi connectivity index (χ2n) is 4.98. The zero-order chi connectivity index (χ0) is 16.2. The van der Waals surface area contributed by atoms with Crippen LogP contribution in [0.4, 0.5) is 4.39 Å². The van der Waals surface area contributed by atoms with Crippen molar-refractivity contribution in [3.05, 3.63) is 64.6 Å². The number of benzene rings is 1. The highest BCUT2D eigenvalue weighted by Gasteiger charge is 2.13. The van der Waals surface area contributed by atoms with Crippen LogP contribution >= 0.6 is 11.3 Å². The van der Waals surface area contributed by atoms with E-state index in [0.29, 0.717) is 18.9 Å². The molecule has 0 saturated carbocycles. The molecule has 3 rings (SSSR count).